The molecule has 1 aromatic rings. The standard InChI is InChI=1S/C14H12N2O7S/c1-22-10-4-3-8(5-9(10)16(20)21)6-11-13(18)15(14(19)24-11)7-12(17)23-2/h3-6H,7H2,1-2H3/b11-6-. The van der Waals surface area contributed by atoms with Crippen molar-refractivity contribution in [2.75, 3.05) is 20.8 Å². The molecule has 1 aromatic carbocycles. The number of hydrogen-bond acceptors (Lipinski definition) is 8. The van der Waals surface area contributed by atoms with E-state index in [1.807, 2.05) is 0 Å². The highest BCUT2D eigenvalue weighted by Crippen LogP contribution is 2.34. The van der Waals surface area contributed by atoms with E-state index in [1.54, 1.807) is 0 Å². The van der Waals surface area contributed by atoms with E-state index in [4.69, 9.17) is 4.74 Å². The molecule has 0 bridgehead atoms. The average Bonchev–Trinajstić information content (AvgIpc) is 2.82. The molecule has 2 rings (SSSR count). The molecule has 0 radical (unpaired) electrons. The van der Waals surface area contributed by atoms with Crippen LogP contribution < -0.4 is 4.74 Å². The van der Waals surface area contributed by atoms with Gasteiger partial charge in [-0.2, -0.15) is 0 Å². The molecular weight excluding hydrogens is 340 g/mol. The minimum atomic E-state index is -0.723. The number of benzene rings is 1. The van der Waals surface area contributed by atoms with Gasteiger partial charge in [-0.1, -0.05) is 6.07 Å². The Labute approximate surface area is 140 Å². The van der Waals surface area contributed by atoms with Gasteiger partial charge in [0.2, 0.25) is 0 Å². The van der Waals surface area contributed by atoms with Gasteiger partial charge in [0.05, 0.1) is 24.0 Å². The summed E-state index contributed by atoms with van der Waals surface area (Å²) in [5.74, 6) is -1.30. The molecule has 0 spiro atoms. The van der Waals surface area contributed by atoms with E-state index in [9.17, 15) is 24.5 Å². The molecule has 1 saturated heterocycles. The smallest absolute Gasteiger partial charge is 0.325 e. The monoisotopic (exact) mass is 352 g/mol. The number of ether oxygens (including phenoxy) is 2. The SMILES string of the molecule is COC(=O)CN1C(=O)S/C(=C\c2ccc(OC)c([N+](=O)[O-])c2)C1=O. The molecule has 24 heavy (non-hydrogen) atoms. The topological polar surface area (TPSA) is 116 Å². The van der Waals surface area contributed by atoms with Crippen LogP contribution in [0.25, 0.3) is 6.08 Å². The Hall–Kier alpha value is -2.88. The third-order valence-corrected chi connectivity index (χ3v) is 3.99. The fourth-order valence-corrected chi connectivity index (χ4v) is 2.76. The summed E-state index contributed by atoms with van der Waals surface area (Å²) in [4.78, 5) is 46.4. The predicted molar refractivity (Wildman–Crippen MR) is 84.3 cm³/mol. The maximum atomic E-state index is 12.2. The first kappa shape index (κ1) is 17.5. The number of thioether (sulfide) groups is 1. The number of hydrogen-bond donors (Lipinski definition) is 0. The van der Waals surface area contributed by atoms with E-state index >= 15 is 0 Å². The van der Waals surface area contributed by atoms with Crippen molar-refractivity contribution in [2.45, 2.75) is 0 Å². The van der Waals surface area contributed by atoms with Gasteiger partial charge in [-0.25, -0.2) is 0 Å². The second-order valence-electron chi connectivity index (χ2n) is 4.53. The first-order chi connectivity index (χ1) is 11.4. The fraction of sp³-hybridized carbons (Fsp3) is 0.214. The van der Waals surface area contributed by atoms with E-state index in [0.29, 0.717) is 17.3 Å². The molecule has 0 atom stereocenters. The summed E-state index contributed by atoms with van der Waals surface area (Å²) >= 11 is 0.643. The summed E-state index contributed by atoms with van der Waals surface area (Å²) in [6.45, 7) is -0.485. The Kier molecular flexibility index (Phi) is 5.19. The van der Waals surface area contributed by atoms with Crippen LogP contribution in [0.5, 0.6) is 5.75 Å². The first-order valence-corrected chi connectivity index (χ1v) is 7.33. The second-order valence-corrected chi connectivity index (χ2v) is 5.53. The van der Waals surface area contributed by atoms with Crippen molar-refractivity contribution in [1.29, 1.82) is 0 Å². The molecule has 126 valence electrons. The highest BCUT2D eigenvalue weighted by Gasteiger charge is 2.36. The van der Waals surface area contributed by atoms with Gasteiger partial charge in [0.15, 0.2) is 5.75 Å². The molecule has 1 aliphatic heterocycles. The predicted octanol–water partition coefficient (Wildman–Crippen LogP) is 1.81. The zero-order valence-electron chi connectivity index (χ0n) is 12.7. The number of nitro groups is 1. The maximum absolute atomic E-state index is 12.2. The molecule has 10 heteroatoms. The lowest BCUT2D eigenvalue weighted by Gasteiger charge is -2.09. The molecule has 0 N–H and O–H groups in total. The third-order valence-electron chi connectivity index (χ3n) is 3.09. The zero-order chi connectivity index (χ0) is 17.9. The molecule has 0 aromatic heterocycles. The average molecular weight is 352 g/mol. The van der Waals surface area contributed by atoms with Gasteiger partial charge >= 0.3 is 11.7 Å². The van der Waals surface area contributed by atoms with Crippen LogP contribution in [-0.2, 0) is 14.3 Å². The van der Waals surface area contributed by atoms with Crippen LogP contribution >= 0.6 is 11.8 Å². The molecule has 0 aliphatic carbocycles. The summed E-state index contributed by atoms with van der Waals surface area (Å²) in [7, 11) is 2.45. The normalized spacial score (nSPS) is 15.8. The van der Waals surface area contributed by atoms with Crippen LogP contribution in [0.15, 0.2) is 23.1 Å². The van der Waals surface area contributed by atoms with Crippen LogP contribution in [0.3, 0.4) is 0 Å². The van der Waals surface area contributed by atoms with Crippen molar-refractivity contribution < 1.29 is 28.8 Å². The summed E-state index contributed by atoms with van der Waals surface area (Å²) < 4.78 is 9.32. The molecule has 1 fully saturated rings. The Balaban J connectivity index is 2.30. The number of nitro benzene ring substituents is 1. The lowest BCUT2D eigenvalue weighted by Crippen LogP contribution is -2.34. The van der Waals surface area contributed by atoms with Gasteiger partial charge in [0.25, 0.3) is 11.1 Å². The quantitative estimate of drug-likeness (QED) is 0.341. The van der Waals surface area contributed by atoms with Crippen LogP contribution in [-0.4, -0.2) is 47.7 Å². The molecule has 0 saturated carbocycles. The number of carbonyl (C=O) groups excluding carboxylic acids is 3. The molecule has 1 heterocycles. The summed E-state index contributed by atoms with van der Waals surface area (Å²) in [5, 5.41) is 10.4. The fourth-order valence-electron chi connectivity index (χ4n) is 1.92. The minimum Gasteiger partial charge on any atom is -0.490 e. The lowest BCUT2D eigenvalue weighted by atomic mass is 10.1. The van der Waals surface area contributed by atoms with E-state index in [-0.39, 0.29) is 16.3 Å². The van der Waals surface area contributed by atoms with E-state index in [2.05, 4.69) is 4.74 Å². The van der Waals surface area contributed by atoms with Crippen LogP contribution in [0, 0.1) is 10.1 Å². The lowest BCUT2D eigenvalue weighted by molar-refractivity contribution is -0.385. The van der Waals surface area contributed by atoms with E-state index in [1.165, 1.54) is 31.4 Å². The molecule has 2 amide bonds. The number of methoxy groups -OCH3 is 2. The van der Waals surface area contributed by atoms with Crippen LogP contribution in [0.1, 0.15) is 5.56 Å². The summed E-state index contributed by atoms with van der Waals surface area (Å²) in [5.41, 5.74) is 0.0890. The Morgan fingerprint density at radius 1 is 1.38 bits per heavy atom. The molecule has 1 aliphatic rings. The largest absolute Gasteiger partial charge is 0.490 e. The number of esters is 1. The van der Waals surface area contributed by atoms with Crippen molar-refractivity contribution in [2.24, 2.45) is 0 Å². The Bertz CT molecular complexity index is 759. The number of amides is 2. The Morgan fingerprint density at radius 3 is 2.67 bits per heavy atom. The molecular formula is C14H12N2O7S. The maximum Gasteiger partial charge on any atom is 0.325 e. The highest BCUT2D eigenvalue weighted by molar-refractivity contribution is 8.18. The van der Waals surface area contributed by atoms with Crippen molar-refractivity contribution in [3.63, 3.8) is 0 Å². The van der Waals surface area contributed by atoms with Crippen molar-refractivity contribution in [1.82, 2.24) is 4.90 Å². The number of carbonyl (C=O) groups is 3. The first-order valence-electron chi connectivity index (χ1n) is 6.52. The molecule has 0 unspecified atom stereocenters. The summed E-state index contributed by atoms with van der Waals surface area (Å²) in [6.07, 6.45) is 1.34. The van der Waals surface area contributed by atoms with E-state index < -0.39 is 28.6 Å². The van der Waals surface area contributed by atoms with Crippen LogP contribution in [0.4, 0.5) is 10.5 Å². The summed E-state index contributed by atoms with van der Waals surface area (Å²) in [6, 6.07) is 4.13. The van der Waals surface area contributed by atoms with Crippen LogP contribution in [0.2, 0.25) is 0 Å². The third kappa shape index (κ3) is 3.54. The minimum absolute atomic E-state index is 0.0587. The van der Waals surface area contributed by atoms with Gasteiger partial charge < -0.3 is 9.47 Å². The van der Waals surface area contributed by atoms with Crippen molar-refractivity contribution >= 4 is 40.6 Å². The number of nitrogens with zero attached hydrogens (tertiary/aromatic N) is 2. The van der Waals surface area contributed by atoms with Crippen molar-refractivity contribution in [3.05, 3.63) is 38.8 Å². The van der Waals surface area contributed by atoms with Gasteiger partial charge in [0.1, 0.15) is 6.54 Å². The van der Waals surface area contributed by atoms with Gasteiger partial charge in [0, 0.05) is 6.07 Å². The van der Waals surface area contributed by atoms with Crippen molar-refractivity contribution in [3.8, 4) is 5.75 Å². The second kappa shape index (κ2) is 7.13. The van der Waals surface area contributed by atoms with Gasteiger partial charge in [-0.05, 0) is 29.5 Å². The Morgan fingerprint density at radius 2 is 2.08 bits per heavy atom. The van der Waals surface area contributed by atoms with Gasteiger partial charge in [-0.15, -0.1) is 0 Å². The number of rotatable bonds is 5. The van der Waals surface area contributed by atoms with E-state index in [0.717, 1.165) is 12.0 Å². The highest BCUT2D eigenvalue weighted by atomic mass is 32.2. The number of imide groups is 1. The van der Waals surface area contributed by atoms with Gasteiger partial charge in [-0.3, -0.25) is 29.4 Å². The zero-order valence-corrected chi connectivity index (χ0v) is 13.5. The molecule has 9 nitrogen and oxygen atoms in total.